The van der Waals surface area contributed by atoms with Crippen molar-refractivity contribution in [3.63, 3.8) is 0 Å². The fourth-order valence-corrected chi connectivity index (χ4v) is 3.16. The highest BCUT2D eigenvalue weighted by atomic mass is 35.5. The number of benzene rings is 2. The SMILES string of the molecule is Cl.NC(=O)c1cnc(N2CCCCC2)nc1Oc1ccc(Oc2ccccc2)cc1. The predicted octanol–water partition coefficient (Wildman–Crippen LogP) is 4.57. The maximum Gasteiger partial charge on any atom is 0.255 e. The molecule has 0 saturated carbocycles. The van der Waals surface area contributed by atoms with E-state index in [1.165, 1.54) is 12.6 Å². The van der Waals surface area contributed by atoms with E-state index < -0.39 is 5.91 Å². The van der Waals surface area contributed by atoms with Gasteiger partial charge in [-0.25, -0.2) is 4.98 Å². The third-order valence-electron chi connectivity index (χ3n) is 4.66. The maximum absolute atomic E-state index is 11.8. The van der Waals surface area contributed by atoms with Crippen molar-refractivity contribution in [2.24, 2.45) is 5.73 Å². The lowest BCUT2D eigenvalue weighted by atomic mass is 10.1. The first-order valence-corrected chi connectivity index (χ1v) is 9.62. The Morgan fingerprint density at radius 2 is 1.47 bits per heavy atom. The lowest BCUT2D eigenvalue weighted by molar-refractivity contribution is 0.0997. The van der Waals surface area contributed by atoms with E-state index >= 15 is 0 Å². The molecule has 2 aromatic carbocycles. The molecular weight excluding hydrogens is 404 g/mol. The number of ether oxygens (including phenoxy) is 2. The van der Waals surface area contributed by atoms with Crippen LogP contribution in [-0.4, -0.2) is 29.0 Å². The Morgan fingerprint density at radius 3 is 2.10 bits per heavy atom. The van der Waals surface area contributed by atoms with Crippen LogP contribution in [0.1, 0.15) is 29.6 Å². The number of hydrogen-bond donors (Lipinski definition) is 1. The van der Waals surface area contributed by atoms with E-state index in [1.54, 1.807) is 24.3 Å². The second-order valence-electron chi connectivity index (χ2n) is 6.79. The Labute approximate surface area is 181 Å². The monoisotopic (exact) mass is 426 g/mol. The molecule has 1 amide bonds. The summed E-state index contributed by atoms with van der Waals surface area (Å²) >= 11 is 0. The minimum atomic E-state index is -0.630. The van der Waals surface area contributed by atoms with Crippen LogP contribution in [0.2, 0.25) is 0 Å². The van der Waals surface area contributed by atoms with Crippen LogP contribution in [0.25, 0.3) is 0 Å². The lowest BCUT2D eigenvalue weighted by Crippen LogP contribution is -2.31. The zero-order valence-electron chi connectivity index (χ0n) is 16.4. The molecule has 1 fully saturated rings. The zero-order chi connectivity index (χ0) is 20.1. The van der Waals surface area contributed by atoms with Crippen molar-refractivity contribution in [1.29, 1.82) is 0 Å². The third-order valence-corrected chi connectivity index (χ3v) is 4.66. The highest BCUT2D eigenvalue weighted by Crippen LogP contribution is 2.28. The summed E-state index contributed by atoms with van der Waals surface area (Å²) in [6.45, 7) is 1.78. The van der Waals surface area contributed by atoms with Crippen molar-refractivity contribution >= 4 is 24.3 Å². The number of nitrogens with two attached hydrogens (primary N) is 1. The number of rotatable bonds is 6. The van der Waals surface area contributed by atoms with Crippen molar-refractivity contribution in [3.05, 3.63) is 66.4 Å². The average molecular weight is 427 g/mol. The van der Waals surface area contributed by atoms with Crippen molar-refractivity contribution in [3.8, 4) is 23.1 Å². The molecule has 1 aromatic heterocycles. The Hall–Kier alpha value is -3.32. The van der Waals surface area contributed by atoms with Gasteiger partial charge in [-0.05, 0) is 55.7 Å². The molecule has 0 atom stereocenters. The summed E-state index contributed by atoms with van der Waals surface area (Å²) in [5, 5.41) is 0. The van der Waals surface area contributed by atoms with Crippen LogP contribution >= 0.6 is 12.4 Å². The molecule has 0 unspecified atom stereocenters. The summed E-state index contributed by atoms with van der Waals surface area (Å²) in [6, 6.07) is 16.6. The van der Waals surface area contributed by atoms with Gasteiger partial charge < -0.3 is 20.1 Å². The Balaban J connectivity index is 0.00000256. The van der Waals surface area contributed by atoms with Gasteiger partial charge in [0.25, 0.3) is 5.91 Å². The largest absolute Gasteiger partial charge is 0.457 e. The number of aromatic nitrogens is 2. The standard InChI is InChI=1S/C22H22N4O3.ClH/c23-20(27)19-15-24-22(26-13-5-2-6-14-26)25-21(19)29-18-11-9-17(10-12-18)28-16-7-3-1-4-8-16;/h1,3-4,7-12,15H,2,5-6,13-14H2,(H2,23,27);1H. The second-order valence-corrected chi connectivity index (χ2v) is 6.79. The Bertz CT molecular complexity index is 977. The van der Waals surface area contributed by atoms with Crippen LogP contribution in [0, 0.1) is 0 Å². The molecule has 7 nitrogen and oxygen atoms in total. The smallest absolute Gasteiger partial charge is 0.255 e. The summed E-state index contributed by atoms with van der Waals surface area (Å²) in [5.74, 6) is 2.03. The summed E-state index contributed by atoms with van der Waals surface area (Å²) < 4.78 is 11.7. The molecule has 1 aliphatic heterocycles. The van der Waals surface area contributed by atoms with Crippen LogP contribution in [0.4, 0.5) is 5.95 Å². The molecule has 1 aliphatic rings. The van der Waals surface area contributed by atoms with Gasteiger partial charge >= 0.3 is 0 Å². The molecule has 0 bridgehead atoms. The number of para-hydroxylation sites is 1. The number of carbonyl (C=O) groups is 1. The average Bonchev–Trinajstić information content (AvgIpc) is 2.76. The molecule has 30 heavy (non-hydrogen) atoms. The van der Waals surface area contributed by atoms with Gasteiger partial charge in [-0.3, -0.25) is 4.79 Å². The molecule has 156 valence electrons. The number of primary amides is 1. The zero-order valence-corrected chi connectivity index (χ0v) is 17.2. The number of nitrogens with zero attached hydrogens (tertiary/aromatic N) is 3. The number of anilines is 1. The minimum absolute atomic E-state index is 0. The molecule has 0 spiro atoms. The van der Waals surface area contributed by atoms with E-state index in [1.807, 2.05) is 30.3 Å². The van der Waals surface area contributed by atoms with E-state index in [9.17, 15) is 4.79 Å². The molecule has 8 heteroatoms. The normalized spacial score (nSPS) is 13.3. The summed E-state index contributed by atoms with van der Waals surface area (Å²) in [5.41, 5.74) is 5.62. The summed E-state index contributed by atoms with van der Waals surface area (Å²) in [4.78, 5) is 22.6. The van der Waals surface area contributed by atoms with E-state index in [0.29, 0.717) is 17.4 Å². The van der Waals surface area contributed by atoms with Gasteiger partial charge in [0.05, 0.1) is 0 Å². The van der Waals surface area contributed by atoms with Gasteiger partial charge in [-0.1, -0.05) is 18.2 Å². The van der Waals surface area contributed by atoms with Crippen LogP contribution in [0.15, 0.2) is 60.8 Å². The van der Waals surface area contributed by atoms with E-state index in [4.69, 9.17) is 15.2 Å². The lowest BCUT2D eigenvalue weighted by Gasteiger charge is -2.26. The molecule has 0 radical (unpaired) electrons. The Morgan fingerprint density at radius 1 is 0.867 bits per heavy atom. The van der Waals surface area contributed by atoms with Gasteiger partial charge in [0.2, 0.25) is 11.8 Å². The van der Waals surface area contributed by atoms with Crippen molar-refractivity contribution in [2.45, 2.75) is 19.3 Å². The van der Waals surface area contributed by atoms with Gasteiger partial charge in [0.15, 0.2) is 0 Å². The second kappa shape index (κ2) is 9.93. The molecule has 2 N–H and O–H groups in total. The quantitative estimate of drug-likeness (QED) is 0.620. The molecule has 2 heterocycles. The molecule has 0 aliphatic carbocycles. The molecule has 1 saturated heterocycles. The van der Waals surface area contributed by atoms with E-state index in [0.717, 1.165) is 31.7 Å². The van der Waals surface area contributed by atoms with Gasteiger partial charge in [0.1, 0.15) is 22.8 Å². The topological polar surface area (TPSA) is 90.6 Å². The van der Waals surface area contributed by atoms with Gasteiger partial charge in [0, 0.05) is 19.3 Å². The first-order valence-electron chi connectivity index (χ1n) is 9.62. The van der Waals surface area contributed by atoms with Gasteiger partial charge in [-0.2, -0.15) is 4.98 Å². The molecule has 4 rings (SSSR count). The van der Waals surface area contributed by atoms with Crippen LogP contribution in [0.5, 0.6) is 23.1 Å². The number of amides is 1. The van der Waals surface area contributed by atoms with Crippen LogP contribution in [-0.2, 0) is 0 Å². The highest BCUT2D eigenvalue weighted by molar-refractivity contribution is 5.95. The first-order chi connectivity index (χ1) is 14.2. The van der Waals surface area contributed by atoms with Crippen molar-refractivity contribution < 1.29 is 14.3 Å². The fourth-order valence-electron chi connectivity index (χ4n) is 3.16. The third kappa shape index (κ3) is 5.18. The van der Waals surface area contributed by atoms with Crippen LogP contribution < -0.4 is 20.1 Å². The van der Waals surface area contributed by atoms with Crippen LogP contribution in [0.3, 0.4) is 0 Å². The number of piperidine rings is 1. The van der Waals surface area contributed by atoms with E-state index in [-0.39, 0.29) is 23.9 Å². The fraction of sp³-hybridized carbons (Fsp3) is 0.227. The number of carbonyl (C=O) groups excluding carboxylic acids is 1. The first kappa shape index (κ1) is 21.4. The van der Waals surface area contributed by atoms with E-state index in [2.05, 4.69) is 14.9 Å². The molecular formula is C22H23ClN4O3. The van der Waals surface area contributed by atoms with Crippen molar-refractivity contribution in [1.82, 2.24) is 9.97 Å². The van der Waals surface area contributed by atoms with Crippen molar-refractivity contribution in [2.75, 3.05) is 18.0 Å². The van der Waals surface area contributed by atoms with Gasteiger partial charge in [-0.15, -0.1) is 12.4 Å². The minimum Gasteiger partial charge on any atom is -0.457 e. The molecule has 3 aromatic rings. The highest BCUT2D eigenvalue weighted by Gasteiger charge is 2.19. The summed E-state index contributed by atoms with van der Waals surface area (Å²) in [7, 11) is 0. The number of halogens is 1. The maximum atomic E-state index is 11.8. The predicted molar refractivity (Wildman–Crippen MR) is 117 cm³/mol. The Kier molecular flexibility index (Phi) is 7.08. The summed E-state index contributed by atoms with van der Waals surface area (Å²) in [6.07, 6.45) is 4.83. The number of hydrogen-bond acceptors (Lipinski definition) is 6.